The van der Waals surface area contributed by atoms with Gasteiger partial charge in [-0.1, -0.05) is 60.2 Å². The van der Waals surface area contributed by atoms with E-state index in [4.69, 9.17) is 9.84 Å². The van der Waals surface area contributed by atoms with Crippen LogP contribution in [0, 0.1) is 6.92 Å². The van der Waals surface area contributed by atoms with Crippen LogP contribution in [-0.4, -0.2) is 28.0 Å². The van der Waals surface area contributed by atoms with Gasteiger partial charge in [-0.15, -0.1) is 0 Å². The molecule has 3 aromatic carbocycles. The summed E-state index contributed by atoms with van der Waals surface area (Å²) in [5.74, 6) is 0.240. The second-order valence-corrected chi connectivity index (χ2v) is 8.36. The zero-order chi connectivity index (χ0) is 23.2. The van der Waals surface area contributed by atoms with Gasteiger partial charge in [0.25, 0.3) is 5.91 Å². The number of hydrogen-bond donors (Lipinski definition) is 1. The molecule has 6 nitrogen and oxygen atoms in total. The quantitative estimate of drug-likeness (QED) is 0.267. The van der Waals surface area contributed by atoms with Crippen LogP contribution in [0.25, 0.3) is 16.9 Å². The fourth-order valence-corrected chi connectivity index (χ4v) is 3.55. The van der Waals surface area contributed by atoms with Crippen LogP contribution in [0.5, 0.6) is 5.75 Å². The molecule has 0 aliphatic rings. The molecule has 166 valence electrons. The van der Waals surface area contributed by atoms with Crippen LogP contribution in [0.3, 0.4) is 0 Å². The van der Waals surface area contributed by atoms with Crippen LogP contribution in [0.4, 0.5) is 0 Å². The van der Waals surface area contributed by atoms with E-state index in [1.54, 1.807) is 23.9 Å². The van der Waals surface area contributed by atoms with Crippen molar-refractivity contribution in [3.8, 4) is 22.7 Å². The average Bonchev–Trinajstić information content (AvgIpc) is 3.25. The van der Waals surface area contributed by atoms with E-state index in [0.29, 0.717) is 5.75 Å². The van der Waals surface area contributed by atoms with Crippen molar-refractivity contribution in [3.63, 3.8) is 0 Å². The molecule has 0 radical (unpaired) electrons. The van der Waals surface area contributed by atoms with Crippen LogP contribution in [0.15, 0.2) is 94.6 Å². The van der Waals surface area contributed by atoms with Crippen molar-refractivity contribution < 1.29 is 9.53 Å². The van der Waals surface area contributed by atoms with Gasteiger partial charge in [-0.05, 0) is 54.0 Å². The number of rotatable bonds is 7. The Morgan fingerprint density at radius 1 is 1.06 bits per heavy atom. The van der Waals surface area contributed by atoms with E-state index >= 15 is 0 Å². The summed E-state index contributed by atoms with van der Waals surface area (Å²) in [6.45, 7) is 3.72. The lowest BCUT2D eigenvalue weighted by Gasteiger charge is -2.13. The molecule has 33 heavy (non-hydrogen) atoms. The van der Waals surface area contributed by atoms with Gasteiger partial charge in [-0.3, -0.25) is 4.79 Å². The second kappa shape index (κ2) is 10.3. The lowest BCUT2D eigenvalue weighted by atomic mass is 10.1. The third-order valence-electron chi connectivity index (χ3n) is 4.98. The van der Waals surface area contributed by atoms with Crippen molar-refractivity contribution in [1.29, 1.82) is 0 Å². The number of hydrazone groups is 1. The molecule has 4 rings (SSSR count). The predicted molar refractivity (Wildman–Crippen MR) is 134 cm³/mol. The maximum Gasteiger partial charge on any atom is 0.280 e. The van der Waals surface area contributed by atoms with Gasteiger partial charge in [0.05, 0.1) is 16.4 Å². The molecule has 0 spiro atoms. The summed E-state index contributed by atoms with van der Waals surface area (Å²) in [5, 5.41) is 8.93. The normalized spacial score (nSPS) is 12.0. The van der Waals surface area contributed by atoms with E-state index < -0.39 is 6.10 Å². The molecule has 1 aromatic heterocycles. The fraction of sp³-hybridized carbons (Fsp3) is 0.115. The standard InChI is InChI=1S/C26H23BrN4O2/c1-18-12-14-20(15-13-18)25-21(17-31(30-25)22-8-4-3-5-9-22)16-28-29-26(32)19(2)33-24-11-7-6-10-23(24)27/h3-17,19H,1-2H3,(H,29,32)/t19-/m1/s1. The van der Waals surface area contributed by atoms with E-state index in [0.717, 1.165) is 27.0 Å². The minimum Gasteiger partial charge on any atom is -0.480 e. The Balaban J connectivity index is 1.53. The number of amides is 1. The Bertz CT molecular complexity index is 1270. The first-order chi connectivity index (χ1) is 16.0. The summed E-state index contributed by atoms with van der Waals surface area (Å²) >= 11 is 3.42. The van der Waals surface area contributed by atoms with Gasteiger partial charge in [0.15, 0.2) is 6.10 Å². The van der Waals surface area contributed by atoms with Crippen molar-refractivity contribution >= 4 is 28.1 Å². The van der Waals surface area contributed by atoms with Gasteiger partial charge in [-0.2, -0.15) is 10.2 Å². The number of ether oxygens (including phenoxy) is 1. The first-order valence-electron chi connectivity index (χ1n) is 10.5. The van der Waals surface area contributed by atoms with Crippen LogP contribution in [0.1, 0.15) is 18.1 Å². The molecular formula is C26H23BrN4O2. The largest absolute Gasteiger partial charge is 0.480 e. The van der Waals surface area contributed by atoms with E-state index in [1.807, 2.05) is 85.9 Å². The second-order valence-electron chi connectivity index (χ2n) is 7.50. The number of hydrogen-bond acceptors (Lipinski definition) is 4. The van der Waals surface area contributed by atoms with Crippen molar-refractivity contribution in [1.82, 2.24) is 15.2 Å². The first kappa shape index (κ1) is 22.5. The summed E-state index contributed by atoms with van der Waals surface area (Å²) in [6, 6.07) is 25.4. The molecule has 0 fully saturated rings. The van der Waals surface area contributed by atoms with Gasteiger partial charge < -0.3 is 4.74 Å². The van der Waals surface area contributed by atoms with Gasteiger partial charge >= 0.3 is 0 Å². The molecule has 0 bridgehead atoms. The number of aromatic nitrogens is 2. The zero-order valence-electron chi connectivity index (χ0n) is 18.3. The maximum absolute atomic E-state index is 12.5. The van der Waals surface area contributed by atoms with Crippen molar-refractivity contribution in [2.75, 3.05) is 0 Å². The number of halogens is 1. The molecule has 0 aliphatic heterocycles. The molecule has 4 aromatic rings. The zero-order valence-corrected chi connectivity index (χ0v) is 19.9. The van der Waals surface area contributed by atoms with Crippen molar-refractivity contribution in [3.05, 3.63) is 101 Å². The minimum atomic E-state index is -0.718. The highest BCUT2D eigenvalue weighted by Gasteiger charge is 2.16. The smallest absolute Gasteiger partial charge is 0.280 e. The third-order valence-corrected chi connectivity index (χ3v) is 5.63. The predicted octanol–water partition coefficient (Wildman–Crippen LogP) is 5.53. The number of aryl methyl sites for hydroxylation is 1. The van der Waals surface area contributed by atoms with Gasteiger partial charge in [0.1, 0.15) is 11.4 Å². The highest BCUT2D eigenvalue weighted by Crippen LogP contribution is 2.25. The van der Waals surface area contributed by atoms with Crippen LogP contribution >= 0.6 is 15.9 Å². The van der Waals surface area contributed by atoms with E-state index in [2.05, 4.69) is 26.5 Å². The highest BCUT2D eigenvalue weighted by molar-refractivity contribution is 9.10. The number of nitrogens with one attached hydrogen (secondary N) is 1. The fourth-order valence-electron chi connectivity index (χ4n) is 3.17. The van der Waals surface area contributed by atoms with Gasteiger partial charge in [0.2, 0.25) is 0 Å². The molecule has 1 atom stereocenters. The maximum atomic E-state index is 12.5. The SMILES string of the molecule is Cc1ccc(-c2nn(-c3ccccc3)cc2C=NNC(=O)[C@@H](C)Oc2ccccc2Br)cc1. The summed E-state index contributed by atoms with van der Waals surface area (Å²) in [4.78, 5) is 12.5. The number of carbonyl (C=O) groups is 1. The van der Waals surface area contributed by atoms with Crippen LogP contribution in [0.2, 0.25) is 0 Å². The Morgan fingerprint density at radius 3 is 2.48 bits per heavy atom. The number of benzene rings is 3. The van der Waals surface area contributed by atoms with Crippen molar-refractivity contribution in [2.24, 2.45) is 5.10 Å². The van der Waals surface area contributed by atoms with Gasteiger partial charge in [0, 0.05) is 17.3 Å². The average molecular weight is 503 g/mol. The molecule has 1 N–H and O–H groups in total. The van der Waals surface area contributed by atoms with Gasteiger partial charge in [-0.25, -0.2) is 10.1 Å². The van der Waals surface area contributed by atoms with Crippen LogP contribution < -0.4 is 10.2 Å². The highest BCUT2D eigenvalue weighted by atomic mass is 79.9. The number of para-hydroxylation sites is 2. The summed E-state index contributed by atoms with van der Waals surface area (Å²) in [7, 11) is 0. The molecule has 1 heterocycles. The van der Waals surface area contributed by atoms with Crippen LogP contribution in [-0.2, 0) is 4.79 Å². The molecule has 1 amide bonds. The Kier molecular flexibility index (Phi) is 7.00. The molecule has 0 saturated heterocycles. The van der Waals surface area contributed by atoms with E-state index in [1.165, 1.54) is 5.56 Å². The lowest BCUT2D eigenvalue weighted by Crippen LogP contribution is -2.33. The lowest BCUT2D eigenvalue weighted by molar-refractivity contribution is -0.127. The minimum absolute atomic E-state index is 0.352. The Morgan fingerprint density at radius 2 is 1.76 bits per heavy atom. The summed E-state index contributed by atoms with van der Waals surface area (Å²) in [5.41, 5.74) is 7.18. The third kappa shape index (κ3) is 5.56. The Labute approximate surface area is 201 Å². The first-order valence-corrected chi connectivity index (χ1v) is 11.3. The molecular weight excluding hydrogens is 480 g/mol. The topological polar surface area (TPSA) is 68.5 Å². The summed E-state index contributed by atoms with van der Waals surface area (Å²) < 4.78 is 8.31. The number of nitrogens with zero attached hydrogens (tertiary/aromatic N) is 3. The number of carbonyl (C=O) groups excluding carboxylic acids is 1. The summed E-state index contributed by atoms with van der Waals surface area (Å²) in [6.07, 6.45) is 2.77. The Hall–Kier alpha value is -3.71. The molecule has 7 heteroatoms. The monoisotopic (exact) mass is 502 g/mol. The molecule has 0 saturated carbocycles. The van der Waals surface area contributed by atoms with Crippen molar-refractivity contribution in [2.45, 2.75) is 20.0 Å². The van der Waals surface area contributed by atoms with E-state index in [-0.39, 0.29) is 5.91 Å². The molecule has 0 aliphatic carbocycles. The molecule has 0 unspecified atom stereocenters. The van der Waals surface area contributed by atoms with E-state index in [9.17, 15) is 4.79 Å².